The van der Waals surface area contributed by atoms with Gasteiger partial charge >= 0.3 is 6.18 Å². The molecular weight excluding hydrogens is 267 g/mol. The van der Waals surface area contributed by atoms with Crippen molar-refractivity contribution in [3.63, 3.8) is 0 Å². The van der Waals surface area contributed by atoms with E-state index in [0.717, 1.165) is 23.5 Å². The van der Waals surface area contributed by atoms with E-state index in [9.17, 15) is 13.2 Å². The summed E-state index contributed by atoms with van der Waals surface area (Å²) in [6.45, 7) is 0.125. The maximum atomic E-state index is 12.3. The minimum Gasteiger partial charge on any atom is -0.486 e. The number of anilines is 1. The number of nitrogens with zero attached hydrogens (tertiary/aromatic N) is 2. The fraction of sp³-hybridized carbons (Fsp3) is 0.200. The molecule has 0 bridgehead atoms. The Labute approximate surface area is 104 Å². The second-order valence-corrected chi connectivity index (χ2v) is 4.44. The Hall–Kier alpha value is -1.83. The Morgan fingerprint density at radius 2 is 1.83 bits per heavy atom. The van der Waals surface area contributed by atoms with E-state index in [2.05, 4.69) is 10.2 Å². The van der Waals surface area contributed by atoms with Crippen molar-refractivity contribution >= 4 is 16.5 Å². The molecule has 1 aromatic heterocycles. The van der Waals surface area contributed by atoms with Gasteiger partial charge in [-0.05, 0) is 24.3 Å². The van der Waals surface area contributed by atoms with Crippen LogP contribution >= 0.6 is 11.3 Å². The predicted octanol–water partition coefficient (Wildman–Crippen LogP) is 2.72. The largest absolute Gasteiger partial charge is 0.486 e. The first kappa shape index (κ1) is 12.6. The monoisotopic (exact) mass is 275 g/mol. The molecule has 18 heavy (non-hydrogen) atoms. The first-order valence-electron chi connectivity index (χ1n) is 4.83. The molecule has 0 fully saturated rings. The molecule has 0 atom stereocenters. The average molecular weight is 275 g/mol. The smallest absolute Gasteiger partial charge is 0.416 e. The van der Waals surface area contributed by atoms with Gasteiger partial charge in [0.2, 0.25) is 5.13 Å². The first-order valence-corrected chi connectivity index (χ1v) is 5.65. The first-order chi connectivity index (χ1) is 8.45. The van der Waals surface area contributed by atoms with E-state index in [-0.39, 0.29) is 6.61 Å². The normalized spacial score (nSPS) is 11.5. The lowest BCUT2D eigenvalue weighted by atomic mass is 10.2. The van der Waals surface area contributed by atoms with Crippen molar-refractivity contribution in [2.75, 3.05) is 5.73 Å². The molecule has 0 aliphatic heterocycles. The van der Waals surface area contributed by atoms with E-state index >= 15 is 0 Å². The molecule has 1 aromatic carbocycles. The van der Waals surface area contributed by atoms with Crippen LogP contribution in [0.3, 0.4) is 0 Å². The number of alkyl halides is 3. The number of ether oxygens (including phenoxy) is 1. The predicted molar refractivity (Wildman–Crippen MR) is 60.1 cm³/mol. The molecule has 0 saturated heterocycles. The highest BCUT2D eigenvalue weighted by atomic mass is 32.1. The van der Waals surface area contributed by atoms with E-state index in [0.29, 0.717) is 15.9 Å². The molecular formula is C10H8F3N3OS. The Morgan fingerprint density at radius 3 is 2.33 bits per heavy atom. The van der Waals surface area contributed by atoms with Gasteiger partial charge in [-0.3, -0.25) is 0 Å². The fourth-order valence-corrected chi connectivity index (χ4v) is 1.73. The highest BCUT2D eigenvalue weighted by Crippen LogP contribution is 2.30. The van der Waals surface area contributed by atoms with Crippen molar-refractivity contribution in [1.29, 1.82) is 0 Å². The van der Waals surface area contributed by atoms with Gasteiger partial charge in [-0.25, -0.2) is 0 Å². The van der Waals surface area contributed by atoms with Gasteiger partial charge in [0.25, 0.3) is 0 Å². The van der Waals surface area contributed by atoms with Crippen LogP contribution in [0, 0.1) is 0 Å². The number of hydrogen-bond acceptors (Lipinski definition) is 5. The van der Waals surface area contributed by atoms with Crippen LogP contribution in [0.15, 0.2) is 24.3 Å². The van der Waals surface area contributed by atoms with Crippen LogP contribution in [0.1, 0.15) is 10.6 Å². The second kappa shape index (κ2) is 4.81. The van der Waals surface area contributed by atoms with Gasteiger partial charge in [0.15, 0.2) is 5.01 Å². The van der Waals surface area contributed by atoms with Crippen LogP contribution in [0.5, 0.6) is 5.75 Å². The Morgan fingerprint density at radius 1 is 1.17 bits per heavy atom. The highest BCUT2D eigenvalue weighted by molar-refractivity contribution is 7.15. The van der Waals surface area contributed by atoms with E-state index in [1.807, 2.05) is 0 Å². The summed E-state index contributed by atoms with van der Waals surface area (Å²) in [5.41, 5.74) is 4.67. The fourth-order valence-electron chi connectivity index (χ4n) is 1.21. The van der Waals surface area contributed by atoms with Crippen LogP contribution in [0.4, 0.5) is 18.3 Å². The van der Waals surface area contributed by atoms with Crippen molar-refractivity contribution in [3.8, 4) is 5.75 Å². The molecule has 0 unspecified atom stereocenters. The molecule has 2 rings (SSSR count). The topological polar surface area (TPSA) is 61.0 Å². The maximum absolute atomic E-state index is 12.3. The third-order valence-electron chi connectivity index (χ3n) is 2.03. The lowest BCUT2D eigenvalue weighted by Crippen LogP contribution is -2.04. The van der Waals surface area contributed by atoms with Gasteiger partial charge in [-0.2, -0.15) is 13.2 Å². The van der Waals surface area contributed by atoms with E-state index in [4.69, 9.17) is 10.5 Å². The summed E-state index contributed by atoms with van der Waals surface area (Å²) in [6.07, 6.45) is -4.34. The quantitative estimate of drug-likeness (QED) is 0.935. The molecule has 4 nitrogen and oxygen atoms in total. The number of nitrogen functional groups attached to an aromatic ring is 1. The minimum absolute atomic E-state index is 0.125. The Bertz CT molecular complexity index is 524. The highest BCUT2D eigenvalue weighted by Gasteiger charge is 2.29. The molecule has 2 N–H and O–H groups in total. The van der Waals surface area contributed by atoms with Gasteiger partial charge in [-0.1, -0.05) is 11.3 Å². The number of hydrogen-bond donors (Lipinski definition) is 1. The van der Waals surface area contributed by atoms with Crippen LogP contribution < -0.4 is 10.5 Å². The number of aromatic nitrogens is 2. The van der Waals surface area contributed by atoms with Crippen molar-refractivity contribution < 1.29 is 17.9 Å². The summed E-state index contributed by atoms with van der Waals surface area (Å²) >= 11 is 1.16. The van der Waals surface area contributed by atoms with Crippen molar-refractivity contribution in [3.05, 3.63) is 34.8 Å². The Kier molecular flexibility index (Phi) is 3.37. The summed E-state index contributed by atoms with van der Waals surface area (Å²) in [5, 5.41) is 8.20. The molecule has 0 spiro atoms. The summed E-state index contributed by atoms with van der Waals surface area (Å²) < 4.78 is 42.2. The Balaban J connectivity index is 1.98. The molecule has 1 heterocycles. The molecule has 96 valence electrons. The third-order valence-corrected chi connectivity index (χ3v) is 2.75. The van der Waals surface area contributed by atoms with Crippen LogP contribution in [0.25, 0.3) is 0 Å². The number of halogens is 3. The summed E-state index contributed by atoms with van der Waals surface area (Å²) in [5.74, 6) is 0.330. The number of rotatable bonds is 3. The number of nitrogens with two attached hydrogens (primary N) is 1. The van der Waals surface area contributed by atoms with E-state index < -0.39 is 11.7 Å². The summed E-state index contributed by atoms with van der Waals surface area (Å²) in [4.78, 5) is 0. The number of benzene rings is 1. The lowest BCUT2D eigenvalue weighted by molar-refractivity contribution is -0.137. The van der Waals surface area contributed by atoms with Crippen molar-refractivity contribution in [2.24, 2.45) is 0 Å². The maximum Gasteiger partial charge on any atom is 0.416 e. The van der Waals surface area contributed by atoms with Gasteiger partial charge in [-0.15, -0.1) is 10.2 Å². The average Bonchev–Trinajstić information content (AvgIpc) is 2.72. The minimum atomic E-state index is -4.34. The summed E-state index contributed by atoms with van der Waals surface area (Å²) in [7, 11) is 0. The standard InChI is InChI=1S/C10H8F3N3OS/c11-10(12,13)6-1-3-7(4-2-6)17-5-8-15-16-9(14)18-8/h1-4H,5H2,(H2,14,16). The molecule has 0 amide bonds. The van der Waals surface area contributed by atoms with E-state index in [1.54, 1.807) is 0 Å². The molecule has 0 aliphatic carbocycles. The van der Waals surface area contributed by atoms with Crippen LogP contribution in [0.2, 0.25) is 0 Å². The zero-order chi connectivity index (χ0) is 13.2. The zero-order valence-corrected chi connectivity index (χ0v) is 9.76. The summed E-state index contributed by atoms with van der Waals surface area (Å²) in [6, 6.07) is 4.44. The van der Waals surface area contributed by atoms with Crippen molar-refractivity contribution in [1.82, 2.24) is 10.2 Å². The molecule has 2 aromatic rings. The SMILES string of the molecule is Nc1nnc(COc2ccc(C(F)(F)F)cc2)s1. The van der Waals surface area contributed by atoms with Gasteiger partial charge < -0.3 is 10.5 Å². The lowest BCUT2D eigenvalue weighted by Gasteiger charge is -2.08. The zero-order valence-electron chi connectivity index (χ0n) is 8.94. The molecule has 0 radical (unpaired) electrons. The van der Waals surface area contributed by atoms with Gasteiger partial charge in [0.1, 0.15) is 12.4 Å². The van der Waals surface area contributed by atoms with Crippen molar-refractivity contribution in [2.45, 2.75) is 12.8 Å². The molecule has 0 aliphatic rings. The van der Waals surface area contributed by atoms with Gasteiger partial charge in [0.05, 0.1) is 5.56 Å². The van der Waals surface area contributed by atoms with Gasteiger partial charge in [0, 0.05) is 0 Å². The molecule has 0 saturated carbocycles. The second-order valence-electron chi connectivity index (χ2n) is 3.34. The van der Waals surface area contributed by atoms with E-state index in [1.165, 1.54) is 12.1 Å². The van der Waals surface area contributed by atoms with Crippen LogP contribution in [-0.4, -0.2) is 10.2 Å². The molecule has 8 heteroatoms. The van der Waals surface area contributed by atoms with Crippen LogP contribution in [-0.2, 0) is 12.8 Å². The third kappa shape index (κ3) is 3.10.